The first-order valence-electron chi connectivity index (χ1n) is 4.79. The normalized spacial score (nSPS) is 18.2. The first kappa shape index (κ1) is 10.3. The van der Waals surface area contributed by atoms with Gasteiger partial charge in [0, 0.05) is 16.5 Å². The summed E-state index contributed by atoms with van der Waals surface area (Å²) in [5.41, 5.74) is 0.943. The molecule has 0 heterocycles. The summed E-state index contributed by atoms with van der Waals surface area (Å²) in [4.78, 5) is 0. The Balaban J connectivity index is 2.10. The predicted octanol–water partition coefficient (Wildman–Crippen LogP) is 3.31. The molecule has 1 N–H and O–H groups in total. The molecule has 1 aliphatic carbocycles. The molecular formula is C11H12Cl2O. The van der Waals surface area contributed by atoms with E-state index in [0.717, 1.165) is 18.4 Å². The molecule has 14 heavy (non-hydrogen) atoms. The molecule has 1 unspecified atom stereocenters. The van der Waals surface area contributed by atoms with Crippen molar-refractivity contribution < 1.29 is 5.11 Å². The summed E-state index contributed by atoms with van der Waals surface area (Å²) < 4.78 is 0. The molecule has 1 fully saturated rings. The van der Waals surface area contributed by atoms with Gasteiger partial charge < -0.3 is 5.11 Å². The van der Waals surface area contributed by atoms with Crippen LogP contribution in [0.1, 0.15) is 18.4 Å². The van der Waals surface area contributed by atoms with E-state index >= 15 is 0 Å². The highest BCUT2D eigenvalue weighted by Crippen LogP contribution is 2.35. The van der Waals surface area contributed by atoms with Crippen LogP contribution in [-0.2, 0) is 6.42 Å². The van der Waals surface area contributed by atoms with E-state index in [1.165, 1.54) is 0 Å². The number of benzene rings is 1. The van der Waals surface area contributed by atoms with Crippen LogP contribution in [-0.4, -0.2) is 11.2 Å². The van der Waals surface area contributed by atoms with E-state index in [1.54, 1.807) is 12.1 Å². The Bertz CT molecular complexity index is 334. The minimum Gasteiger partial charge on any atom is -0.392 e. The SMILES string of the molecule is OC(Cc1cc(Cl)ccc1Cl)C1CC1. The first-order chi connectivity index (χ1) is 6.66. The van der Waals surface area contributed by atoms with Gasteiger partial charge in [0.1, 0.15) is 0 Å². The zero-order valence-electron chi connectivity index (χ0n) is 7.71. The van der Waals surface area contributed by atoms with Crippen molar-refractivity contribution in [3.8, 4) is 0 Å². The van der Waals surface area contributed by atoms with Crippen molar-refractivity contribution in [3.05, 3.63) is 33.8 Å². The first-order valence-corrected chi connectivity index (χ1v) is 5.54. The number of aliphatic hydroxyl groups is 1. The quantitative estimate of drug-likeness (QED) is 0.846. The molecule has 0 aromatic heterocycles. The number of hydrogen-bond acceptors (Lipinski definition) is 1. The maximum Gasteiger partial charge on any atom is 0.0609 e. The molecule has 1 saturated carbocycles. The second kappa shape index (κ2) is 4.09. The second-order valence-electron chi connectivity index (χ2n) is 3.84. The van der Waals surface area contributed by atoms with Crippen molar-refractivity contribution in [1.82, 2.24) is 0 Å². The van der Waals surface area contributed by atoms with E-state index in [0.29, 0.717) is 22.4 Å². The highest BCUT2D eigenvalue weighted by molar-refractivity contribution is 6.33. The summed E-state index contributed by atoms with van der Waals surface area (Å²) in [6.45, 7) is 0. The van der Waals surface area contributed by atoms with E-state index in [1.807, 2.05) is 6.07 Å². The third kappa shape index (κ3) is 2.41. The number of rotatable bonds is 3. The highest BCUT2D eigenvalue weighted by atomic mass is 35.5. The van der Waals surface area contributed by atoms with Gasteiger partial charge in [-0.15, -0.1) is 0 Å². The number of halogens is 2. The predicted molar refractivity (Wildman–Crippen MR) is 58.9 cm³/mol. The zero-order chi connectivity index (χ0) is 10.1. The van der Waals surface area contributed by atoms with Crippen LogP contribution in [0.4, 0.5) is 0 Å². The van der Waals surface area contributed by atoms with Gasteiger partial charge in [0.2, 0.25) is 0 Å². The molecule has 1 aromatic carbocycles. The molecule has 0 amide bonds. The van der Waals surface area contributed by atoms with Crippen molar-refractivity contribution in [2.45, 2.75) is 25.4 Å². The molecule has 0 radical (unpaired) electrons. The van der Waals surface area contributed by atoms with E-state index in [4.69, 9.17) is 23.2 Å². The summed E-state index contributed by atoms with van der Waals surface area (Å²) >= 11 is 11.9. The smallest absolute Gasteiger partial charge is 0.0609 e. The molecule has 0 saturated heterocycles. The van der Waals surface area contributed by atoms with E-state index in [2.05, 4.69) is 0 Å². The van der Waals surface area contributed by atoms with E-state index in [-0.39, 0.29) is 6.10 Å². The number of hydrogen-bond donors (Lipinski definition) is 1. The Kier molecular flexibility index (Phi) is 3.01. The lowest BCUT2D eigenvalue weighted by atomic mass is 10.0. The fraction of sp³-hybridized carbons (Fsp3) is 0.455. The van der Waals surface area contributed by atoms with Gasteiger partial charge in [-0.2, -0.15) is 0 Å². The molecule has 76 valence electrons. The molecule has 1 aliphatic rings. The molecule has 1 aromatic rings. The van der Waals surface area contributed by atoms with Crippen LogP contribution in [0.3, 0.4) is 0 Å². The maximum absolute atomic E-state index is 9.76. The van der Waals surface area contributed by atoms with Gasteiger partial charge >= 0.3 is 0 Å². The fourth-order valence-corrected chi connectivity index (χ4v) is 1.96. The lowest BCUT2D eigenvalue weighted by Crippen LogP contribution is -2.12. The molecule has 3 heteroatoms. The minimum atomic E-state index is -0.258. The number of aliphatic hydroxyl groups excluding tert-OH is 1. The van der Waals surface area contributed by atoms with Crippen LogP contribution in [0.2, 0.25) is 10.0 Å². The molecule has 0 bridgehead atoms. The molecule has 0 spiro atoms. The summed E-state index contributed by atoms with van der Waals surface area (Å²) in [5.74, 6) is 0.477. The summed E-state index contributed by atoms with van der Waals surface area (Å²) in [5, 5.41) is 11.1. The van der Waals surface area contributed by atoms with E-state index in [9.17, 15) is 5.11 Å². The molecule has 1 nitrogen and oxygen atoms in total. The van der Waals surface area contributed by atoms with Crippen molar-refractivity contribution in [1.29, 1.82) is 0 Å². The third-order valence-corrected chi connectivity index (χ3v) is 3.21. The fourth-order valence-electron chi connectivity index (χ4n) is 1.57. The third-order valence-electron chi connectivity index (χ3n) is 2.60. The van der Waals surface area contributed by atoms with Crippen LogP contribution < -0.4 is 0 Å². The van der Waals surface area contributed by atoms with Gasteiger partial charge in [-0.1, -0.05) is 23.2 Å². The van der Waals surface area contributed by atoms with Crippen molar-refractivity contribution >= 4 is 23.2 Å². The van der Waals surface area contributed by atoms with Crippen molar-refractivity contribution in [2.24, 2.45) is 5.92 Å². The molecule has 2 rings (SSSR count). The van der Waals surface area contributed by atoms with Crippen molar-refractivity contribution in [2.75, 3.05) is 0 Å². The van der Waals surface area contributed by atoms with Crippen molar-refractivity contribution in [3.63, 3.8) is 0 Å². The van der Waals surface area contributed by atoms with Crippen LogP contribution >= 0.6 is 23.2 Å². The van der Waals surface area contributed by atoms with Crippen LogP contribution in [0.25, 0.3) is 0 Å². The monoisotopic (exact) mass is 230 g/mol. The summed E-state index contributed by atoms with van der Waals surface area (Å²) in [7, 11) is 0. The van der Waals surface area contributed by atoms with Gasteiger partial charge in [-0.3, -0.25) is 0 Å². The lowest BCUT2D eigenvalue weighted by Gasteiger charge is -2.10. The minimum absolute atomic E-state index is 0.258. The average Bonchev–Trinajstić information content (AvgIpc) is 2.94. The van der Waals surface area contributed by atoms with Gasteiger partial charge in [0.15, 0.2) is 0 Å². The molecule has 0 aliphatic heterocycles. The second-order valence-corrected chi connectivity index (χ2v) is 4.69. The van der Waals surface area contributed by atoms with Gasteiger partial charge in [0.25, 0.3) is 0 Å². The average molecular weight is 231 g/mol. The van der Waals surface area contributed by atoms with Crippen LogP contribution in [0.15, 0.2) is 18.2 Å². The molecule has 1 atom stereocenters. The van der Waals surface area contributed by atoms with Crippen LogP contribution in [0, 0.1) is 5.92 Å². The molecular weight excluding hydrogens is 219 g/mol. The Hall–Kier alpha value is -0.240. The topological polar surface area (TPSA) is 20.2 Å². The largest absolute Gasteiger partial charge is 0.392 e. The lowest BCUT2D eigenvalue weighted by molar-refractivity contribution is 0.151. The highest BCUT2D eigenvalue weighted by Gasteiger charge is 2.29. The van der Waals surface area contributed by atoms with E-state index < -0.39 is 0 Å². The van der Waals surface area contributed by atoms with Gasteiger partial charge in [-0.05, 0) is 42.5 Å². The Morgan fingerprint density at radius 2 is 2.07 bits per heavy atom. The summed E-state index contributed by atoms with van der Waals surface area (Å²) in [6.07, 6.45) is 2.63. The standard InChI is InChI=1S/C11H12Cl2O/c12-9-3-4-10(13)8(5-9)6-11(14)7-1-2-7/h3-5,7,11,14H,1-2,6H2. The summed E-state index contributed by atoms with van der Waals surface area (Å²) in [6, 6.07) is 5.37. The zero-order valence-corrected chi connectivity index (χ0v) is 9.22. The van der Waals surface area contributed by atoms with Gasteiger partial charge in [-0.25, -0.2) is 0 Å². The Morgan fingerprint density at radius 3 is 2.71 bits per heavy atom. The Morgan fingerprint density at radius 1 is 1.36 bits per heavy atom. The van der Waals surface area contributed by atoms with Crippen LogP contribution in [0.5, 0.6) is 0 Å². The maximum atomic E-state index is 9.76. The van der Waals surface area contributed by atoms with Gasteiger partial charge in [0.05, 0.1) is 6.10 Å². The Labute approximate surface area is 93.7 Å².